The fourth-order valence-corrected chi connectivity index (χ4v) is 4.44. The zero-order valence-corrected chi connectivity index (χ0v) is 16.7. The predicted molar refractivity (Wildman–Crippen MR) is 116 cm³/mol. The average molecular weight is 355 g/mol. The summed E-state index contributed by atoms with van der Waals surface area (Å²) >= 11 is 0. The second-order valence-corrected chi connectivity index (χ2v) is 7.95. The highest BCUT2D eigenvalue weighted by molar-refractivity contribution is 5.72. The molecule has 0 aliphatic heterocycles. The lowest BCUT2D eigenvalue weighted by molar-refractivity contribution is 0.687. The van der Waals surface area contributed by atoms with Crippen molar-refractivity contribution in [2.45, 2.75) is 58.3 Å². The van der Waals surface area contributed by atoms with Gasteiger partial charge in [0.25, 0.3) is 0 Å². The summed E-state index contributed by atoms with van der Waals surface area (Å²) in [5.41, 5.74) is 10.3. The zero-order chi connectivity index (χ0) is 18.6. The van der Waals surface area contributed by atoms with Crippen LogP contribution >= 0.6 is 0 Å². The van der Waals surface area contributed by atoms with Crippen LogP contribution in [0.15, 0.2) is 66.7 Å². The molecule has 0 spiro atoms. The maximum atomic E-state index is 2.49. The topological polar surface area (TPSA) is 0 Å². The summed E-state index contributed by atoms with van der Waals surface area (Å²) < 4.78 is 0. The van der Waals surface area contributed by atoms with Crippen LogP contribution in [0.4, 0.5) is 0 Å². The van der Waals surface area contributed by atoms with Gasteiger partial charge in [0.05, 0.1) is 0 Å². The van der Waals surface area contributed by atoms with Crippen molar-refractivity contribution < 1.29 is 0 Å². The molecule has 4 rings (SSSR count). The van der Waals surface area contributed by atoms with Gasteiger partial charge in [-0.1, -0.05) is 87.0 Å². The summed E-state index contributed by atoms with van der Waals surface area (Å²) in [6.45, 7) is 4.50. The third kappa shape index (κ3) is 3.86. The lowest BCUT2D eigenvalue weighted by Gasteiger charge is -2.17. The van der Waals surface area contributed by atoms with Gasteiger partial charge in [0.15, 0.2) is 0 Å². The minimum Gasteiger partial charge on any atom is -0.0654 e. The highest BCUT2D eigenvalue weighted by atomic mass is 14.3. The van der Waals surface area contributed by atoms with Crippen LogP contribution < -0.4 is 0 Å². The van der Waals surface area contributed by atoms with Gasteiger partial charge in [-0.3, -0.25) is 0 Å². The zero-order valence-electron chi connectivity index (χ0n) is 16.7. The van der Waals surface area contributed by atoms with E-state index in [0.717, 1.165) is 19.3 Å². The average Bonchev–Trinajstić information content (AvgIpc) is 2.88. The Kier molecular flexibility index (Phi) is 5.43. The first-order valence-electron chi connectivity index (χ1n) is 10.6. The van der Waals surface area contributed by atoms with E-state index in [-0.39, 0.29) is 0 Å². The molecule has 27 heavy (non-hydrogen) atoms. The first-order valence-corrected chi connectivity index (χ1v) is 10.6. The van der Waals surface area contributed by atoms with E-state index in [9.17, 15) is 0 Å². The summed E-state index contributed by atoms with van der Waals surface area (Å²) in [5.74, 6) is 0.555. The predicted octanol–water partition coefficient (Wildman–Crippen LogP) is 7.14. The minimum atomic E-state index is 0.555. The molecule has 3 aromatic rings. The lowest BCUT2D eigenvalue weighted by atomic mass is 9.87. The van der Waals surface area contributed by atoms with Gasteiger partial charge in [0, 0.05) is 0 Å². The van der Waals surface area contributed by atoms with E-state index in [1.54, 1.807) is 0 Å². The van der Waals surface area contributed by atoms with Crippen molar-refractivity contribution in [3.8, 4) is 11.1 Å². The van der Waals surface area contributed by atoms with E-state index in [1.807, 2.05) is 0 Å². The summed E-state index contributed by atoms with van der Waals surface area (Å²) in [7, 11) is 0. The normalized spacial score (nSPS) is 15.7. The quantitative estimate of drug-likeness (QED) is 0.457. The van der Waals surface area contributed by atoms with E-state index in [0.29, 0.717) is 5.92 Å². The second-order valence-electron chi connectivity index (χ2n) is 7.95. The van der Waals surface area contributed by atoms with Crippen LogP contribution in [0, 0.1) is 0 Å². The van der Waals surface area contributed by atoms with Crippen molar-refractivity contribution >= 4 is 0 Å². The van der Waals surface area contributed by atoms with Crippen LogP contribution in [-0.2, 0) is 25.7 Å². The molecule has 0 radical (unpaired) electrons. The lowest BCUT2D eigenvalue weighted by Crippen LogP contribution is -2.05. The minimum absolute atomic E-state index is 0.555. The van der Waals surface area contributed by atoms with E-state index < -0.39 is 0 Å². The van der Waals surface area contributed by atoms with Crippen LogP contribution in [-0.4, -0.2) is 0 Å². The standard InChI is InChI=1S/C27H30/c1-3-5-8-21-13-16-27-25(17-21)19-24(18-23-9-6-7-10-26(23)27)22-14-11-20(4-2)12-15-22/h6-7,9-17,24H,3-5,8,18-19H2,1-2H3. The number of fused-ring (bicyclic) bond motifs is 3. The molecular formula is C27H30. The maximum absolute atomic E-state index is 2.49. The van der Waals surface area contributed by atoms with Crippen LogP contribution in [0.2, 0.25) is 0 Å². The van der Waals surface area contributed by atoms with Gasteiger partial charge in [-0.25, -0.2) is 0 Å². The first-order chi connectivity index (χ1) is 13.3. The van der Waals surface area contributed by atoms with Crippen molar-refractivity contribution in [3.63, 3.8) is 0 Å². The van der Waals surface area contributed by atoms with Gasteiger partial charge in [0.1, 0.15) is 0 Å². The van der Waals surface area contributed by atoms with E-state index in [2.05, 4.69) is 80.6 Å². The van der Waals surface area contributed by atoms with Crippen LogP contribution in [0.25, 0.3) is 11.1 Å². The van der Waals surface area contributed by atoms with Gasteiger partial charge in [0.2, 0.25) is 0 Å². The Morgan fingerprint density at radius 3 is 2.22 bits per heavy atom. The molecule has 1 atom stereocenters. The fraction of sp³-hybridized carbons (Fsp3) is 0.333. The summed E-state index contributed by atoms with van der Waals surface area (Å²) in [5, 5.41) is 0. The van der Waals surface area contributed by atoms with E-state index >= 15 is 0 Å². The van der Waals surface area contributed by atoms with Gasteiger partial charge in [-0.2, -0.15) is 0 Å². The fourth-order valence-electron chi connectivity index (χ4n) is 4.44. The molecule has 0 nitrogen and oxygen atoms in total. The SMILES string of the molecule is CCCCc1ccc2c(c1)CC(c1ccc(CC)cc1)Cc1ccccc1-2. The molecule has 1 unspecified atom stereocenters. The summed E-state index contributed by atoms with van der Waals surface area (Å²) in [6, 6.07) is 25.6. The number of benzene rings is 3. The Morgan fingerprint density at radius 2 is 1.44 bits per heavy atom. The molecular weight excluding hydrogens is 324 g/mol. The van der Waals surface area contributed by atoms with Gasteiger partial charge in [-0.15, -0.1) is 0 Å². The molecule has 0 saturated heterocycles. The number of hydrogen-bond acceptors (Lipinski definition) is 0. The molecule has 0 saturated carbocycles. The third-order valence-corrected chi connectivity index (χ3v) is 6.09. The number of rotatable bonds is 5. The van der Waals surface area contributed by atoms with E-state index in [4.69, 9.17) is 0 Å². The number of aryl methyl sites for hydroxylation is 2. The van der Waals surface area contributed by atoms with Crippen molar-refractivity contribution in [2.75, 3.05) is 0 Å². The molecule has 138 valence electrons. The molecule has 0 heteroatoms. The number of hydrogen-bond donors (Lipinski definition) is 0. The monoisotopic (exact) mass is 354 g/mol. The van der Waals surface area contributed by atoms with Crippen molar-refractivity contribution in [3.05, 3.63) is 94.5 Å². The molecule has 0 fully saturated rings. The molecule has 0 heterocycles. The second kappa shape index (κ2) is 8.13. The van der Waals surface area contributed by atoms with Gasteiger partial charge < -0.3 is 0 Å². The summed E-state index contributed by atoms with van der Waals surface area (Å²) in [6.07, 6.45) is 7.10. The van der Waals surface area contributed by atoms with Gasteiger partial charge >= 0.3 is 0 Å². The first kappa shape index (κ1) is 18.0. The molecule has 0 amide bonds. The van der Waals surface area contributed by atoms with Crippen LogP contribution in [0.3, 0.4) is 0 Å². The molecule has 0 aromatic heterocycles. The largest absolute Gasteiger partial charge is 0.0654 e. The Hall–Kier alpha value is -2.34. The van der Waals surface area contributed by atoms with E-state index in [1.165, 1.54) is 58.2 Å². The molecule has 1 aliphatic rings. The van der Waals surface area contributed by atoms with Crippen molar-refractivity contribution in [2.24, 2.45) is 0 Å². The van der Waals surface area contributed by atoms with Crippen LogP contribution in [0.1, 0.15) is 60.4 Å². The highest BCUT2D eigenvalue weighted by Crippen LogP contribution is 2.38. The molecule has 0 bridgehead atoms. The summed E-state index contributed by atoms with van der Waals surface area (Å²) in [4.78, 5) is 0. The third-order valence-electron chi connectivity index (χ3n) is 6.09. The smallest absolute Gasteiger partial charge is 0.00806 e. The van der Waals surface area contributed by atoms with Crippen molar-refractivity contribution in [1.29, 1.82) is 0 Å². The Labute approximate surface area is 164 Å². The van der Waals surface area contributed by atoms with Crippen LogP contribution in [0.5, 0.6) is 0 Å². The maximum Gasteiger partial charge on any atom is -0.00806 e. The number of unbranched alkanes of at least 4 members (excludes halogenated alkanes) is 1. The van der Waals surface area contributed by atoms with Gasteiger partial charge in [-0.05, 0) is 77.0 Å². The molecule has 0 N–H and O–H groups in total. The Bertz CT molecular complexity index is 902. The highest BCUT2D eigenvalue weighted by Gasteiger charge is 2.22. The molecule has 1 aliphatic carbocycles. The Morgan fingerprint density at radius 1 is 0.741 bits per heavy atom. The van der Waals surface area contributed by atoms with Crippen molar-refractivity contribution in [1.82, 2.24) is 0 Å². The molecule has 3 aromatic carbocycles. The Balaban J connectivity index is 1.75.